The Kier molecular flexibility index (Phi) is 5.56. The van der Waals surface area contributed by atoms with Crippen LogP contribution in [0.2, 0.25) is 0 Å². The van der Waals surface area contributed by atoms with E-state index >= 15 is 0 Å². The highest BCUT2D eigenvalue weighted by Gasteiger charge is 2.41. The normalized spacial score (nSPS) is 25.6. The van der Waals surface area contributed by atoms with Gasteiger partial charge in [-0.3, -0.25) is 9.69 Å². The average molecular weight is 259 g/mol. The molecule has 5 heteroatoms. The number of carboxylic acids is 1. The molecule has 5 nitrogen and oxygen atoms in total. The largest absolute Gasteiger partial charge is 0.481 e. The first-order chi connectivity index (χ1) is 8.52. The molecule has 0 aliphatic carbocycles. The second-order valence-corrected chi connectivity index (χ2v) is 5.03. The molecule has 0 saturated carbocycles. The quantitative estimate of drug-likeness (QED) is 0.745. The molecule has 106 valence electrons. The predicted molar refractivity (Wildman–Crippen MR) is 68.7 cm³/mol. The van der Waals surface area contributed by atoms with Gasteiger partial charge in [0, 0.05) is 33.9 Å². The maximum Gasteiger partial charge on any atom is 0.310 e. The molecule has 2 atom stereocenters. The molecule has 1 rings (SSSR count). The van der Waals surface area contributed by atoms with Crippen LogP contribution in [0.5, 0.6) is 0 Å². The molecule has 0 aromatic carbocycles. The van der Waals surface area contributed by atoms with E-state index in [4.69, 9.17) is 9.47 Å². The van der Waals surface area contributed by atoms with E-state index in [9.17, 15) is 9.90 Å². The van der Waals surface area contributed by atoms with E-state index in [2.05, 4.69) is 4.90 Å². The number of carboxylic acid groups (broad SMARTS) is 1. The van der Waals surface area contributed by atoms with Crippen molar-refractivity contribution in [2.24, 2.45) is 5.41 Å². The lowest BCUT2D eigenvalue weighted by Gasteiger charge is -2.31. The number of hydrogen-bond acceptors (Lipinski definition) is 4. The Hall–Kier alpha value is -0.650. The van der Waals surface area contributed by atoms with Crippen LogP contribution in [0.15, 0.2) is 0 Å². The van der Waals surface area contributed by atoms with Crippen molar-refractivity contribution >= 4 is 5.97 Å². The lowest BCUT2D eigenvalue weighted by atomic mass is 9.82. The van der Waals surface area contributed by atoms with Gasteiger partial charge in [0.1, 0.15) is 0 Å². The Labute approximate surface area is 109 Å². The van der Waals surface area contributed by atoms with E-state index in [1.165, 1.54) is 0 Å². The van der Waals surface area contributed by atoms with Crippen molar-refractivity contribution in [3.63, 3.8) is 0 Å². The van der Waals surface area contributed by atoms with E-state index in [-0.39, 0.29) is 12.2 Å². The van der Waals surface area contributed by atoms with E-state index in [1.54, 1.807) is 14.2 Å². The minimum absolute atomic E-state index is 0.0372. The lowest BCUT2D eigenvalue weighted by molar-refractivity contribution is -0.150. The summed E-state index contributed by atoms with van der Waals surface area (Å²) >= 11 is 0. The summed E-state index contributed by atoms with van der Waals surface area (Å²) in [6, 6.07) is 0. The SMILES string of the molecule is CCC(CC)(CN1CC(OC)C(OC)C1)C(=O)O. The fourth-order valence-corrected chi connectivity index (χ4v) is 2.67. The van der Waals surface area contributed by atoms with Crippen LogP contribution in [0.1, 0.15) is 26.7 Å². The fraction of sp³-hybridized carbons (Fsp3) is 0.923. The number of ether oxygens (including phenoxy) is 2. The maximum atomic E-state index is 11.5. The van der Waals surface area contributed by atoms with Crippen molar-refractivity contribution in [2.75, 3.05) is 33.9 Å². The smallest absolute Gasteiger partial charge is 0.310 e. The highest BCUT2D eigenvalue weighted by Crippen LogP contribution is 2.30. The standard InChI is InChI=1S/C13H25NO4/c1-5-13(6-2,12(15)16)9-14-7-10(17-3)11(8-14)18-4/h10-11H,5-9H2,1-4H3,(H,15,16). The Balaban J connectivity index is 2.70. The number of methoxy groups -OCH3 is 2. The summed E-state index contributed by atoms with van der Waals surface area (Å²) < 4.78 is 10.7. The summed E-state index contributed by atoms with van der Waals surface area (Å²) in [4.78, 5) is 13.6. The van der Waals surface area contributed by atoms with Crippen LogP contribution in [-0.4, -0.2) is 62.0 Å². The number of nitrogens with zero attached hydrogens (tertiary/aromatic N) is 1. The molecule has 18 heavy (non-hydrogen) atoms. The van der Waals surface area contributed by atoms with Crippen LogP contribution in [-0.2, 0) is 14.3 Å². The van der Waals surface area contributed by atoms with Crippen LogP contribution in [0.4, 0.5) is 0 Å². The minimum atomic E-state index is -0.706. The van der Waals surface area contributed by atoms with E-state index in [1.807, 2.05) is 13.8 Å². The van der Waals surface area contributed by atoms with Gasteiger partial charge in [-0.05, 0) is 12.8 Å². The average Bonchev–Trinajstić information content (AvgIpc) is 2.77. The van der Waals surface area contributed by atoms with Gasteiger partial charge in [-0.25, -0.2) is 0 Å². The predicted octanol–water partition coefficient (Wildman–Crippen LogP) is 1.22. The highest BCUT2D eigenvalue weighted by molar-refractivity contribution is 5.74. The zero-order chi connectivity index (χ0) is 13.8. The highest BCUT2D eigenvalue weighted by atomic mass is 16.5. The van der Waals surface area contributed by atoms with Crippen molar-refractivity contribution < 1.29 is 19.4 Å². The summed E-state index contributed by atoms with van der Waals surface area (Å²) in [7, 11) is 3.34. The Bertz CT molecular complexity index is 266. The number of aliphatic carboxylic acids is 1. The zero-order valence-electron chi connectivity index (χ0n) is 11.8. The Morgan fingerprint density at radius 1 is 1.22 bits per heavy atom. The second kappa shape index (κ2) is 6.50. The van der Waals surface area contributed by atoms with Gasteiger partial charge in [-0.2, -0.15) is 0 Å². The van der Waals surface area contributed by atoms with Gasteiger partial charge < -0.3 is 14.6 Å². The lowest BCUT2D eigenvalue weighted by Crippen LogP contribution is -2.42. The molecule has 1 N–H and O–H groups in total. The third-order valence-corrected chi connectivity index (χ3v) is 4.23. The first-order valence-corrected chi connectivity index (χ1v) is 6.54. The van der Waals surface area contributed by atoms with Crippen LogP contribution in [0.3, 0.4) is 0 Å². The number of hydrogen-bond donors (Lipinski definition) is 1. The summed E-state index contributed by atoms with van der Waals surface area (Å²) in [5, 5.41) is 9.44. The molecule has 1 saturated heterocycles. The maximum absolute atomic E-state index is 11.5. The van der Waals surface area contributed by atoms with Gasteiger partial charge in [0.25, 0.3) is 0 Å². The van der Waals surface area contributed by atoms with Crippen molar-refractivity contribution in [2.45, 2.75) is 38.9 Å². The second-order valence-electron chi connectivity index (χ2n) is 5.03. The number of likely N-dealkylation sites (tertiary alicyclic amines) is 1. The van der Waals surface area contributed by atoms with Crippen molar-refractivity contribution in [1.29, 1.82) is 0 Å². The molecule has 0 amide bonds. The van der Waals surface area contributed by atoms with E-state index in [0.717, 1.165) is 13.1 Å². The van der Waals surface area contributed by atoms with Crippen molar-refractivity contribution in [3.8, 4) is 0 Å². The molecule has 1 fully saturated rings. The fourth-order valence-electron chi connectivity index (χ4n) is 2.67. The Morgan fingerprint density at radius 2 is 1.67 bits per heavy atom. The van der Waals surface area contributed by atoms with Crippen molar-refractivity contribution in [1.82, 2.24) is 4.90 Å². The van der Waals surface area contributed by atoms with E-state index < -0.39 is 11.4 Å². The first kappa shape index (κ1) is 15.4. The topological polar surface area (TPSA) is 59.0 Å². The van der Waals surface area contributed by atoms with Crippen LogP contribution in [0, 0.1) is 5.41 Å². The summed E-state index contributed by atoms with van der Waals surface area (Å²) in [5.41, 5.74) is -0.652. The molecule has 0 aromatic heterocycles. The van der Waals surface area contributed by atoms with Gasteiger partial charge in [0.15, 0.2) is 0 Å². The summed E-state index contributed by atoms with van der Waals surface area (Å²) in [6.07, 6.45) is 1.36. The number of carbonyl (C=O) groups is 1. The Morgan fingerprint density at radius 3 is 1.94 bits per heavy atom. The van der Waals surface area contributed by atoms with Gasteiger partial charge in [0.2, 0.25) is 0 Å². The first-order valence-electron chi connectivity index (χ1n) is 6.54. The van der Waals surface area contributed by atoms with E-state index in [0.29, 0.717) is 19.4 Å². The van der Waals surface area contributed by atoms with Crippen LogP contribution in [0.25, 0.3) is 0 Å². The van der Waals surface area contributed by atoms with Gasteiger partial charge in [-0.15, -0.1) is 0 Å². The summed E-state index contributed by atoms with van der Waals surface area (Å²) in [6.45, 7) is 5.92. The molecule has 1 heterocycles. The molecule has 1 aliphatic heterocycles. The monoisotopic (exact) mass is 259 g/mol. The molecular weight excluding hydrogens is 234 g/mol. The molecule has 0 radical (unpaired) electrons. The van der Waals surface area contributed by atoms with Gasteiger partial charge in [0.05, 0.1) is 17.6 Å². The van der Waals surface area contributed by atoms with Crippen molar-refractivity contribution in [3.05, 3.63) is 0 Å². The molecule has 0 bridgehead atoms. The molecule has 0 aromatic rings. The van der Waals surface area contributed by atoms with Crippen LogP contribution < -0.4 is 0 Å². The molecular formula is C13H25NO4. The third kappa shape index (κ3) is 3.02. The molecule has 0 spiro atoms. The van der Waals surface area contributed by atoms with Gasteiger partial charge >= 0.3 is 5.97 Å². The minimum Gasteiger partial charge on any atom is -0.481 e. The summed E-state index contributed by atoms with van der Waals surface area (Å²) in [5.74, 6) is -0.706. The third-order valence-electron chi connectivity index (χ3n) is 4.23. The van der Waals surface area contributed by atoms with Crippen LogP contribution >= 0.6 is 0 Å². The van der Waals surface area contributed by atoms with Gasteiger partial charge in [-0.1, -0.05) is 13.8 Å². The number of rotatable bonds is 7. The zero-order valence-corrected chi connectivity index (χ0v) is 11.8. The molecule has 2 unspecified atom stereocenters. The molecule has 1 aliphatic rings.